The molecule has 1 aliphatic rings. The number of nitrogens with two attached hydrogens (primary N) is 1. The van der Waals surface area contributed by atoms with Gasteiger partial charge in [-0.2, -0.15) is 0 Å². The number of nitrogens with zero attached hydrogens (tertiary/aromatic N) is 4. The van der Waals surface area contributed by atoms with Crippen LogP contribution in [0.3, 0.4) is 0 Å². The fraction of sp³-hybridized carbons (Fsp3) is 0.667. The van der Waals surface area contributed by atoms with Crippen LogP contribution in [0.15, 0.2) is 10.8 Å². The summed E-state index contributed by atoms with van der Waals surface area (Å²) >= 11 is 3.50. The van der Waals surface area contributed by atoms with Crippen molar-refractivity contribution in [3.8, 4) is 0 Å². The summed E-state index contributed by atoms with van der Waals surface area (Å²) in [7, 11) is 2.06. The lowest BCUT2D eigenvalue weighted by molar-refractivity contribution is 0.270. The zero-order valence-corrected chi connectivity index (χ0v) is 13.0. The molecular formula is C12H21BrN6. The van der Waals surface area contributed by atoms with Crippen LogP contribution >= 0.6 is 15.9 Å². The van der Waals surface area contributed by atoms with Crippen LogP contribution in [-0.2, 0) is 0 Å². The van der Waals surface area contributed by atoms with Crippen LogP contribution in [0.1, 0.15) is 19.8 Å². The number of nitrogen functional groups attached to an aromatic ring is 1. The van der Waals surface area contributed by atoms with Gasteiger partial charge >= 0.3 is 0 Å². The van der Waals surface area contributed by atoms with Crippen LogP contribution in [0.2, 0.25) is 0 Å². The van der Waals surface area contributed by atoms with E-state index in [9.17, 15) is 0 Å². The third-order valence-corrected chi connectivity index (χ3v) is 4.39. The lowest BCUT2D eigenvalue weighted by atomic mass is 10.2. The SMILES string of the molecule is CCN1CCCC1CN(C)c1ncnc(NN)c1Br. The topological polar surface area (TPSA) is 70.3 Å². The Balaban J connectivity index is 2.09. The molecule has 1 fully saturated rings. The van der Waals surface area contributed by atoms with E-state index >= 15 is 0 Å². The van der Waals surface area contributed by atoms with Crippen molar-refractivity contribution in [3.63, 3.8) is 0 Å². The van der Waals surface area contributed by atoms with E-state index in [0.29, 0.717) is 11.9 Å². The van der Waals surface area contributed by atoms with E-state index in [1.807, 2.05) is 0 Å². The van der Waals surface area contributed by atoms with Gasteiger partial charge in [0.15, 0.2) is 5.82 Å². The van der Waals surface area contributed by atoms with Gasteiger partial charge in [-0.05, 0) is 41.9 Å². The summed E-state index contributed by atoms with van der Waals surface area (Å²) in [6.07, 6.45) is 4.06. The van der Waals surface area contributed by atoms with Gasteiger partial charge in [0, 0.05) is 19.6 Å². The van der Waals surface area contributed by atoms with Gasteiger partial charge in [0.2, 0.25) is 0 Å². The standard InChI is InChI=1S/C12H21BrN6/c1-3-19-6-4-5-9(19)7-18(2)12-10(13)11(17-14)15-8-16-12/h8-9H,3-7,14H2,1-2H3,(H,15,16,17). The highest BCUT2D eigenvalue weighted by atomic mass is 79.9. The zero-order valence-electron chi connectivity index (χ0n) is 11.4. The normalized spacial score (nSPS) is 19.7. The number of aromatic nitrogens is 2. The Hall–Kier alpha value is -0.920. The molecule has 0 aromatic carbocycles. The Morgan fingerprint density at radius 3 is 3.05 bits per heavy atom. The van der Waals surface area contributed by atoms with Gasteiger partial charge in [-0.3, -0.25) is 4.90 Å². The number of halogens is 1. The summed E-state index contributed by atoms with van der Waals surface area (Å²) in [5.41, 5.74) is 2.57. The number of likely N-dealkylation sites (N-methyl/N-ethyl adjacent to an activating group) is 2. The number of likely N-dealkylation sites (tertiary alicyclic amines) is 1. The molecule has 1 unspecified atom stereocenters. The molecule has 1 aromatic heterocycles. The molecule has 0 amide bonds. The Bertz CT molecular complexity index is 427. The van der Waals surface area contributed by atoms with Crippen LogP contribution in [0.5, 0.6) is 0 Å². The molecule has 3 N–H and O–H groups in total. The maximum absolute atomic E-state index is 5.43. The molecule has 19 heavy (non-hydrogen) atoms. The van der Waals surface area contributed by atoms with Crippen molar-refractivity contribution in [2.24, 2.45) is 5.84 Å². The highest BCUT2D eigenvalue weighted by molar-refractivity contribution is 9.10. The lowest BCUT2D eigenvalue weighted by Crippen LogP contribution is -2.39. The smallest absolute Gasteiger partial charge is 0.159 e. The predicted molar refractivity (Wildman–Crippen MR) is 81.1 cm³/mol. The van der Waals surface area contributed by atoms with Gasteiger partial charge in [-0.25, -0.2) is 15.8 Å². The molecule has 0 bridgehead atoms. The largest absolute Gasteiger partial charge is 0.357 e. The molecule has 106 valence electrons. The maximum Gasteiger partial charge on any atom is 0.159 e. The van der Waals surface area contributed by atoms with Crippen LogP contribution in [0.25, 0.3) is 0 Å². The third-order valence-electron chi connectivity index (χ3n) is 3.66. The number of rotatable bonds is 5. The van der Waals surface area contributed by atoms with Crippen LogP contribution in [0.4, 0.5) is 11.6 Å². The van der Waals surface area contributed by atoms with E-state index < -0.39 is 0 Å². The fourth-order valence-corrected chi connectivity index (χ4v) is 3.27. The molecule has 1 atom stereocenters. The molecule has 2 heterocycles. The molecule has 1 aliphatic heterocycles. The molecule has 2 rings (SSSR count). The number of hydrogen-bond donors (Lipinski definition) is 2. The highest BCUT2D eigenvalue weighted by Crippen LogP contribution is 2.29. The Morgan fingerprint density at radius 1 is 1.58 bits per heavy atom. The summed E-state index contributed by atoms with van der Waals surface area (Å²) in [6, 6.07) is 0.603. The van der Waals surface area contributed by atoms with Crippen molar-refractivity contribution in [2.45, 2.75) is 25.8 Å². The van der Waals surface area contributed by atoms with Crippen LogP contribution < -0.4 is 16.2 Å². The van der Waals surface area contributed by atoms with Gasteiger partial charge in [0.25, 0.3) is 0 Å². The molecule has 1 aromatic rings. The van der Waals surface area contributed by atoms with Crippen molar-refractivity contribution in [1.82, 2.24) is 14.9 Å². The van der Waals surface area contributed by atoms with Crippen LogP contribution in [-0.4, -0.2) is 47.6 Å². The van der Waals surface area contributed by atoms with E-state index in [4.69, 9.17) is 5.84 Å². The van der Waals surface area contributed by atoms with Crippen molar-refractivity contribution in [3.05, 3.63) is 10.8 Å². The average molecular weight is 329 g/mol. The minimum atomic E-state index is 0.603. The number of anilines is 2. The molecule has 1 saturated heterocycles. The Labute approximate surface area is 122 Å². The van der Waals surface area contributed by atoms with Gasteiger partial charge in [-0.1, -0.05) is 6.92 Å². The van der Waals surface area contributed by atoms with E-state index in [0.717, 1.165) is 23.4 Å². The Morgan fingerprint density at radius 2 is 2.37 bits per heavy atom. The van der Waals surface area contributed by atoms with Crippen molar-refractivity contribution in [1.29, 1.82) is 0 Å². The molecule has 0 radical (unpaired) electrons. The minimum Gasteiger partial charge on any atom is -0.357 e. The molecule has 0 aliphatic carbocycles. The zero-order chi connectivity index (χ0) is 13.8. The molecule has 6 nitrogen and oxygen atoms in total. The van der Waals surface area contributed by atoms with Gasteiger partial charge in [-0.15, -0.1) is 0 Å². The Kier molecular flexibility index (Phi) is 4.95. The molecule has 7 heteroatoms. The summed E-state index contributed by atoms with van der Waals surface area (Å²) < 4.78 is 0.807. The van der Waals surface area contributed by atoms with E-state index in [1.54, 1.807) is 0 Å². The highest BCUT2D eigenvalue weighted by Gasteiger charge is 2.25. The van der Waals surface area contributed by atoms with Crippen molar-refractivity contribution in [2.75, 3.05) is 37.0 Å². The van der Waals surface area contributed by atoms with Crippen molar-refractivity contribution < 1.29 is 0 Å². The fourth-order valence-electron chi connectivity index (χ4n) is 2.65. The van der Waals surface area contributed by atoms with E-state index in [1.165, 1.54) is 25.7 Å². The molecule has 0 spiro atoms. The summed E-state index contributed by atoms with van der Waals surface area (Å²) in [5.74, 6) is 6.90. The first-order chi connectivity index (χ1) is 9.17. The maximum atomic E-state index is 5.43. The lowest BCUT2D eigenvalue weighted by Gasteiger charge is -2.28. The third kappa shape index (κ3) is 3.16. The molecule has 0 saturated carbocycles. The summed E-state index contributed by atoms with van der Waals surface area (Å²) in [4.78, 5) is 13.1. The van der Waals surface area contributed by atoms with Crippen LogP contribution in [0, 0.1) is 0 Å². The first-order valence-electron chi connectivity index (χ1n) is 6.59. The second-order valence-corrected chi connectivity index (χ2v) is 5.60. The van der Waals surface area contributed by atoms with Gasteiger partial charge in [0.1, 0.15) is 16.6 Å². The van der Waals surface area contributed by atoms with Crippen molar-refractivity contribution >= 4 is 27.6 Å². The monoisotopic (exact) mass is 328 g/mol. The van der Waals surface area contributed by atoms with Gasteiger partial charge in [0.05, 0.1) is 0 Å². The summed E-state index contributed by atoms with van der Waals surface area (Å²) in [5, 5.41) is 0. The molecular weight excluding hydrogens is 308 g/mol. The summed E-state index contributed by atoms with van der Waals surface area (Å²) in [6.45, 7) is 5.50. The van der Waals surface area contributed by atoms with E-state index in [2.05, 4.69) is 55.1 Å². The minimum absolute atomic E-state index is 0.603. The second-order valence-electron chi connectivity index (χ2n) is 4.81. The second kappa shape index (κ2) is 6.49. The van der Waals surface area contributed by atoms with Gasteiger partial charge < -0.3 is 10.3 Å². The predicted octanol–water partition coefficient (Wildman–Crippen LogP) is 1.45. The van der Waals surface area contributed by atoms with E-state index in [-0.39, 0.29) is 0 Å². The first-order valence-corrected chi connectivity index (χ1v) is 7.39. The number of hydrogen-bond acceptors (Lipinski definition) is 6. The number of nitrogens with one attached hydrogen (secondary N) is 1. The first kappa shape index (κ1) is 14.5. The average Bonchev–Trinajstić information content (AvgIpc) is 2.86. The quantitative estimate of drug-likeness (QED) is 0.629. The number of hydrazine groups is 1.